The number of hydrogen-bond donors (Lipinski definition) is 2. The molecule has 2 aromatic carbocycles. The van der Waals surface area contributed by atoms with Crippen LogP contribution in [-0.4, -0.2) is 20.7 Å². The number of aromatic nitrogens is 3. The number of nitrogens with one attached hydrogen (secondary N) is 2. The summed E-state index contributed by atoms with van der Waals surface area (Å²) in [7, 11) is 0. The minimum absolute atomic E-state index is 0.0518. The van der Waals surface area contributed by atoms with E-state index >= 15 is 0 Å². The molecule has 0 aliphatic heterocycles. The fourth-order valence-corrected chi connectivity index (χ4v) is 2.52. The monoisotopic (exact) mass is 362 g/mol. The summed E-state index contributed by atoms with van der Waals surface area (Å²) in [6.45, 7) is -0.0518. The molecule has 1 heterocycles. The van der Waals surface area contributed by atoms with Gasteiger partial charge in [0.2, 0.25) is 5.91 Å². The zero-order valence-electron chi connectivity index (χ0n) is 12.3. The van der Waals surface area contributed by atoms with Crippen molar-refractivity contribution in [2.24, 2.45) is 0 Å². The summed E-state index contributed by atoms with van der Waals surface area (Å²) < 4.78 is 15.1. The second kappa shape index (κ2) is 6.94. The Hall–Kier alpha value is -2.51. The number of carbonyl (C=O) groups excluding carboxylic acids is 1. The first-order chi connectivity index (χ1) is 11.5. The number of aromatic amines is 1. The van der Waals surface area contributed by atoms with Gasteiger partial charge in [-0.3, -0.25) is 14.5 Å². The largest absolute Gasteiger partial charge is 0.324 e. The predicted octanol–water partition coefficient (Wildman–Crippen LogP) is 4.04. The van der Waals surface area contributed by atoms with Crippen molar-refractivity contribution in [1.82, 2.24) is 14.8 Å². The maximum absolute atomic E-state index is 13.2. The number of halogens is 2. The fraction of sp³-hybridized carbons (Fsp3) is 0.0625. The van der Waals surface area contributed by atoms with Gasteiger partial charge in [-0.25, -0.2) is 4.39 Å². The molecule has 0 aliphatic rings. The van der Waals surface area contributed by atoms with Crippen LogP contribution in [0.1, 0.15) is 0 Å². The minimum atomic E-state index is -0.422. The van der Waals surface area contributed by atoms with Crippen LogP contribution in [0.3, 0.4) is 0 Å². The lowest BCUT2D eigenvalue weighted by molar-refractivity contribution is -0.116. The first-order valence-corrected chi connectivity index (χ1v) is 7.78. The Morgan fingerprint density at radius 2 is 2.04 bits per heavy atom. The molecule has 24 heavy (non-hydrogen) atoms. The van der Waals surface area contributed by atoms with Crippen LogP contribution in [0.2, 0.25) is 5.02 Å². The lowest BCUT2D eigenvalue weighted by Gasteiger charge is -2.08. The van der Waals surface area contributed by atoms with Crippen molar-refractivity contribution in [3.05, 3.63) is 64.1 Å². The van der Waals surface area contributed by atoms with E-state index in [0.717, 1.165) is 5.56 Å². The van der Waals surface area contributed by atoms with Crippen LogP contribution in [0.25, 0.3) is 11.4 Å². The van der Waals surface area contributed by atoms with Gasteiger partial charge in [-0.15, -0.1) is 0 Å². The molecule has 8 heteroatoms. The molecule has 0 atom stereocenters. The standard InChI is InChI=1S/C16H12ClFN4OS/c17-11-6-4-10(5-7-11)15-20-21-16(24)22(15)9-14(23)19-13-3-1-2-12(18)8-13/h1-8H,9H2,(H,19,23)(H,21,24). The van der Waals surface area contributed by atoms with E-state index in [1.807, 2.05) is 0 Å². The van der Waals surface area contributed by atoms with Gasteiger partial charge in [-0.05, 0) is 54.7 Å². The van der Waals surface area contributed by atoms with Crippen LogP contribution in [0.5, 0.6) is 0 Å². The van der Waals surface area contributed by atoms with Crippen LogP contribution in [0.15, 0.2) is 48.5 Å². The maximum Gasteiger partial charge on any atom is 0.244 e. The average Bonchev–Trinajstić information content (AvgIpc) is 2.89. The van der Waals surface area contributed by atoms with Crippen molar-refractivity contribution >= 4 is 35.4 Å². The zero-order chi connectivity index (χ0) is 17.1. The van der Waals surface area contributed by atoms with Gasteiger partial charge in [-0.2, -0.15) is 5.10 Å². The van der Waals surface area contributed by atoms with E-state index in [2.05, 4.69) is 15.5 Å². The normalized spacial score (nSPS) is 10.6. The Morgan fingerprint density at radius 1 is 1.29 bits per heavy atom. The molecule has 5 nitrogen and oxygen atoms in total. The van der Waals surface area contributed by atoms with E-state index in [0.29, 0.717) is 21.3 Å². The van der Waals surface area contributed by atoms with Gasteiger partial charge in [0.25, 0.3) is 0 Å². The molecule has 0 radical (unpaired) electrons. The molecule has 1 aromatic heterocycles. The Bertz CT molecular complexity index is 936. The average molecular weight is 363 g/mol. The number of H-pyrrole nitrogens is 1. The lowest BCUT2D eigenvalue weighted by Crippen LogP contribution is -2.19. The molecule has 0 unspecified atom stereocenters. The van der Waals surface area contributed by atoms with Gasteiger partial charge in [0.15, 0.2) is 10.6 Å². The van der Waals surface area contributed by atoms with Gasteiger partial charge in [0, 0.05) is 16.3 Å². The van der Waals surface area contributed by atoms with E-state index < -0.39 is 5.82 Å². The van der Waals surface area contributed by atoms with Gasteiger partial charge < -0.3 is 5.32 Å². The second-order valence-electron chi connectivity index (χ2n) is 5.00. The summed E-state index contributed by atoms with van der Waals surface area (Å²) in [5.41, 5.74) is 1.15. The van der Waals surface area contributed by atoms with Crippen LogP contribution < -0.4 is 5.32 Å². The smallest absolute Gasteiger partial charge is 0.244 e. The molecular formula is C16H12ClFN4OS. The minimum Gasteiger partial charge on any atom is -0.324 e. The third kappa shape index (κ3) is 3.69. The van der Waals surface area contributed by atoms with E-state index in [4.69, 9.17) is 23.8 Å². The number of anilines is 1. The van der Waals surface area contributed by atoms with Crippen LogP contribution in [0, 0.1) is 10.6 Å². The van der Waals surface area contributed by atoms with Crippen LogP contribution in [0.4, 0.5) is 10.1 Å². The number of hydrogen-bond acceptors (Lipinski definition) is 3. The zero-order valence-corrected chi connectivity index (χ0v) is 13.9. The summed E-state index contributed by atoms with van der Waals surface area (Å²) >= 11 is 11.1. The summed E-state index contributed by atoms with van der Waals surface area (Å²) in [4.78, 5) is 12.2. The SMILES string of the molecule is O=C(Cn1c(-c2ccc(Cl)cc2)n[nH]c1=S)Nc1cccc(F)c1. The molecule has 0 saturated carbocycles. The van der Waals surface area contributed by atoms with Crippen molar-refractivity contribution in [1.29, 1.82) is 0 Å². The Morgan fingerprint density at radius 3 is 2.75 bits per heavy atom. The molecule has 0 spiro atoms. The Kier molecular flexibility index (Phi) is 4.73. The number of nitrogens with zero attached hydrogens (tertiary/aromatic N) is 2. The van der Waals surface area contributed by atoms with Crippen molar-refractivity contribution in [2.75, 3.05) is 5.32 Å². The predicted molar refractivity (Wildman–Crippen MR) is 92.9 cm³/mol. The number of carbonyl (C=O) groups is 1. The van der Waals surface area contributed by atoms with Gasteiger partial charge in [0.05, 0.1) is 0 Å². The molecule has 0 fully saturated rings. The van der Waals surface area contributed by atoms with Crippen molar-refractivity contribution in [2.45, 2.75) is 6.54 Å². The highest BCUT2D eigenvalue weighted by atomic mass is 35.5. The first-order valence-electron chi connectivity index (χ1n) is 6.99. The molecule has 1 amide bonds. The summed E-state index contributed by atoms with van der Waals surface area (Å²) in [5.74, 6) is -0.242. The van der Waals surface area contributed by atoms with Gasteiger partial charge in [0.1, 0.15) is 12.4 Å². The highest BCUT2D eigenvalue weighted by Crippen LogP contribution is 2.20. The van der Waals surface area contributed by atoms with E-state index in [-0.39, 0.29) is 12.5 Å². The Balaban J connectivity index is 1.82. The third-order valence-electron chi connectivity index (χ3n) is 3.27. The van der Waals surface area contributed by atoms with Crippen LogP contribution >= 0.6 is 23.8 Å². The van der Waals surface area contributed by atoms with Gasteiger partial charge in [-0.1, -0.05) is 17.7 Å². The lowest BCUT2D eigenvalue weighted by atomic mass is 10.2. The molecule has 3 rings (SSSR count). The van der Waals surface area contributed by atoms with Gasteiger partial charge >= 0.3 is 0 Å². The first kappa shape index (κ1) is 16.4. The van der Waals surface area contributed by atoms with Crippen molar-refractivity contribution in [3.63, 3.8) is 0 Å². The summed E-state index contributed by atoms with van der Waals surface area (Å²) in [6.07, 6.45) is 0. The van der Waals surface area contributed by atoms with E-state index in [1.54, 1.807) is 34.9 Å². The maximum atomic E-state index is 13.2. The molecule has 3 aromatic rings. The van der Waals surface area contributed by atoms with E-state index in [1.165, 1.54) is 18.2 Å². The molecule has 0 aliphatic carbocycles. The number of amides is 1. The summed E-state index contributed by atoms with van der Waals surface area (Å²) in [6, 6.07) is 12.7. The van der Waals surface area contributed by atoms with Crippen LogP contribution in [-0.2, 0) is 11.3 Å². The van der Waals surface area contributed by atoms with Crippen molar-refractivity contribution < 1.29 is 9.18 Å². The van der Waals surface area contributed by atoms with E-state index in [9.17, 15) is 9.18 Å². The Labute approximate surface area is 147 Å². The molecule has 0 saturated heterocycles. The fourth-order valence-electron chi connectivity index (χ4n) is 2.19. The molecule has 2 N–H and O–H groups in total. The molecule has 122 valence electrons. The number of benzene rings is 2. The van der Waals surface area contributed by atoms with Crippen molar-refractivity contribution in [3.8, 4) is 11.4 Å². The highest BCUT2D eigenvalue weighted by Gasteiger charge is 2.12. The highest BCUT2D eigenvalue weighted by molar-refractivity contribution is 7.71. The summed E-state index contributed by atoms with van der Waals surface area (Å²) in [5, 5.41) is 10.1. The quantitative estimate of drug-likeness (QED) is 0.688. The molecule has 0 bridgehead atoms. The second-order valence-corrected chi connectivity index (χ2v) is 5.83. The molecular weight excluding hydrogens is 351 g/mol. The number of rotatable bonds is 4. The topological polar surface area (TPSA) is 62.7 Å². The third-order valence-corrected chi connectivity index (χ3v) is 3.83.